The van der Waals surface area contributed by atoms with Crippen LogP contribution >= 0.6 is 0 Å². The van der Waals surface area contributed by atoms with E-state index in [4.69, 9.17) is 14.2 Å². The summed E-state index contributed by atoms with van der Waals surface area (Å²) in [5.41, 5.74) is 4.92. The minimum atomic E-state index is -0.194. The minimum Gasteiger partial charge on any atom is -0.496 e. The van der Waals surface area contributed by atoms with Gasteiger partial charge in [-0.15, -0.1) is 0 Å². The van der Waals surface area contributed by atoms with E-state index in [9.17, 15) is 0 Å². The largest absolute Gasteiger partial charge is 0.496 e. The number of hydrogen-bond donors (Lipinski definition) is 0. The highest BCUT2D eigenvalue weighted by atomic mass is 16.6. The maximum absolute atomic E-state index is 6.39. The van der Waals surface area contributed by atoms with Crippen LogP contribution in [0.2, 0.25) is 0 Å². The van der Waals surface area contributed by atoms with Crippen LogP contribution in [0.5, 0.6) is 11.5 Å². The van der Waals surface area contributed by atoms with Gasteiger partial charge in [0.2, 0.25) is 0 Å². The standard InChI is InChI=1S/C20H20O3/c1-19(2)20(23-19)17-11-7-5-6-8-12(11)18(20)16-14(22-4)10-9-13(21-3)15(16)17/h5-10,17-18H,1-4H3/t17-,18-/m0/s1. The summed E-state index contributed by atoms with van der Waals surface area (Å²) < 4.78 is 17.8. The fraction of sp³-hybridized carbons (Fsp3) is 0.400. The highest BCUT2D eigenvalue weighted by Gasteiger charge is 2.79. The van der Waals surface area contributed by atoms with E-state index in [2.05, 4.69) is 38.1 Å². The maximum Gasteiger partial charge on any atom is 0.123 e. The van der Waals surface area contributed by atoms with E-state index in [-0.39, 0.29) is 23.0 Å². The van der Waals surface area contributed by atoms with Crippen molar-refractivity contribution in [2.75, 3.05) is 14.2 Å². The summed E-state index contributed by atoms with van der Waals surface area (Å²) in [4.78, 5) is 0. The van der Waals surface area contributed by atoms with Crippen LogP contribution in [0.25, 0.3) is 0 Å². The van der Waals surface area contributed by atoms with E-state index in [0.29, 0.717) is 0 Å². The quantitative estimate of drug-likeness (QED) is 0.790. The summed E-state index contributed by atoms with van der Waals surface area (Å²) in [6, 6.07) is 12.8. The molecule has 0 N–H and O–H groups in total. The molecule has 1 aliphatic heterocycles. The van der Waals surface area contributed by atoms with Gasteiger partial charge in [-0.2, -0.15) is 0 Å². The molecular weight excluding hydrogens is 288 g/mol. The minimum absolute atomic E-state index is 0.142. The number of hydrogen-bond acceptors (Lipinski definition) is 3. The molecule has 0 radical (unpaired) electrons. The summed E-state index contributed by atoms with van der Waals surface area (Å²) in [6.45, 7) is 4.40. The normalized spacial score (nSPS) is 31.0. The number of epoxide rings is 1. The van der Waals surface area contributed by atoms with Crippen molar-refractivity contribution < 1.29 is 14.2 Å². The van der Waals surface area contributed by atoms with Gasteiger partial charge in [0.1, 0.15) is 17.1 Å². The monoisotopic (exact) mass is 308 g/mol. The molecule has 0 amide bonds. The van der Waals surface area contributed by atoms with Gasteiger partial charge in [0.15, 0.2) is 0 Å². The van der Waals surface area contributed by atoms with Crippen molar-refractivity contribution in [2.45, 2.75) is 36.9 Å². The number of fused-ring (bicyclic) bond motifs is 6. The molecule has 1 saturated heterocycles. The van der Waals surface area contributed by atoms with Crippen LogP contribution in [0.15, 0.2) is 36.4 Å². The van der Waals surface area contributed by atoms with Crippen LogP contribution in [0.1, 0.15) is 47.9 Å². The zero-order chi connectivity index (χ0) is 16.0. The van der Waals surface area contributed by atoms with Gasteiger partial charge >= 0.3 is 0 Å². The van der Waals surface area contributed by atoms with Crippen molar-refractivity contribution in [1.29, 1.82) is 0 Å². The SMILES string of the molecule is COc1ccc(OC)c2c1[C@@H]1c3ccccc3[C@@H]2C12OC2(C)C. The second-order valence-corrected chi connectivity index (χ2v) is 7.20. The molecule has 23 heavy (non-hydrogen) atoms. The fourth-order valence-electron chi connectivity index (χ4n) is 5.16. The van der Waals surface area contributed by atoms with E-state index < -0.39 is 0 Å². The molecule has 2 atom stereocenters. The number of ether oxygens (including phenoxy) is 3. The molecule has 2 aromatic carbocycles. The van der Waals surface area contributed by atoms with Crippen molar-refractivity contribution in [3.05, 3.63) is 58.7 Å². The second-order valence-electron chi connectivity index (χ2n) is 7.20. The first-order valence-electron chi connectivity index (χ1n) is 8.10. The summed E-state index contributed by atoms with van der Waals surface area (Å²) >= 11 is 0. The third kappa shape index (κ3) is 1.29. The maximum atomic E-state index is 6.39. The predicted octanol–water partition coefficient (Wildman–Crippen LogP) is 3.84. The van der Waals surface area contributed by atoms with Crippen LogP contribution < -0.4 is 9.47 Å². The predicted molar refractivity (Wildman–Crippen MR) is 87.6 cm³/mol. The number of rotatable bonds is 2. The van der Waals surface area contributed by atoms with Gasteiger partial charge in [0.25, 0.3) is 0 Å². The van der Waals surface area contributed by atoms with Crippen LogP contribution in [0.3, 0.4) is 0 Å². The Morgan fingerprint density at radius 2 is 1.26 bits per heavy atom. The fourth-order valence-corrected chi connectivity index (χ4v) is 5.16. The first kappa shape index (κ1) is 13.4. The lowest BCUT2D eigenvalue weighted by Crippen LogP contribution is -2.25. The molecule has 1 heterocycles. The van der Waals surface area contributed by atoms with Gasteiger partial charge in [0.05, 0.1) is 19.8 Å². The second kappa shape index (κ2) is 3.90. The summed E-state index contributed by atoms with van der Waals surface area (Å²) in [7, 11) is 3.48. The van der Waals surface area contributed by atoms with Crippen LogP contribution in [0, 0.1) is 0 Å². The molecule has 3 aliphatic rings. The molecule has 2 aromatic rings. The average Bonchev–Trinajstić information content (AvgIpc) is 2.88. The molecule has 1 spiro atoms. The molecule has 0 unspecified atom stereocenters. The van der Waals surface area contributed by atoms with Gasteiger partial charge in [0, 0.05) is 23.0 Å². The Hall–Kier alpha value is -2.00. The average molecular weight is 308 g/mol. The third-order valence-corrected chi connectivity index (χ3v) is 6.02. The summed E-state index contributed by atoms with van der Waals surface area (Å²) in [6.07, 6.45) is 0. The molecule has 2 bridgehead atoms. The van der Waals surface area contributed by atoms with E-state index in [1.165, 1.54) is 22.3 Å². The van der Waals surface area contributed by atoms with Gasteiger partial charge in [-0.25, -0.2) is 0 Å². The van der Waals surface area contributed by atoms with Crippen LogP contribution in [-0.2, 0) is 4.74 Å². The Kier molecular flexibility index (Phi) is 2.28. The van der Waals surface area contributed by atoms with Gasteiger partial charge < -0.3 is 14.2 Å². The molecule has 118 valence electrons. The van der Waals surface area contributed by atoms with E-state index in [1.54, 1.807) is 14.2 Å². The lowest BCUT2D eigenvalue weighted by molar-refractivity contribution is 0.263. The Morgan fingerprint density at radius 1 is 0.826 bits per heavy atom. The molecule has 0 aromatic heterocycles. The number of benzene rings is 2. The molecule has 2 aliphatic carbocycles. The molecule has 3 heteroatoms. The topological polar surface area (TPSA) is 31.0 Å². The summed E-state index contributed by atoms with van der Waals surface area (Å²) in [5, 5.41) is 0. The van der Waals surface area contributed by atoms with Crippen molar-refractivity contribution in [1.82, 2.24) is 0 Å². The molecule has 5 rings (SSSR count). The van der Waals surface area contributed by atoms with Crippen molar-refractivity contribution in [3.8, 4) is 11.5 Å². The van der Waals surface area contributed by atoms with E-state index in [0.717, 1.165) is 11.5 Å². The molecule has 1 fully saturated rings. The lowest BCUT2D eigenvalue weighted by Gasteiger charge is -2.22. The van der Waals surface area contributed by atoms with Crippen LogP contribution in [-0.4, -0.2) is 25.4 Å². The van der Waals surface area contributed by atoms with Crippen LogP contribution in [0.4, 0.5) is 0 Å². The van der Waals surface area contributed by atoms with Crippen molar-refractivity contribution in [2.24, 2.45) is 0 Å². The summed E-state index contributed by atoms with van der Waals surface area (Å²) in [5.74, 6) is 2.32. The van der Waals surface area contributed by atoms with Gasteiger partial charge in [-0.05, 0) is 37.1 Å². The van der Waals surface area contributed by atoms with Crippen molar-refractivity contribution >= 4 is 0 Å². The molecule has 0 saturated carbocycles. The smallest absolute Gasteiger partial charge is 0.123 e. The molecule has 3 nitrogen and oxygen atoms in total. The third-order valence-electron chi connectivity index (χ3n) is 6.02. The zero-order valence-electron chi connectivity index (χ0n) is 13.8. The first-order chi connectivity index (χ1) is 11.1. The highest BCUT2D eigenvalue weighted by Crippen LogP contribution is 2.77. The lowest BCUT2D eigenvalue weighted by atomic mass is 9.82. The first-order valence-corrected chi connectivity index (χ1v) is 8.10. The molecular formula is C20H20O3. The zero-order valence-corrected chi connectivity index (χ0v) is 13.8. The number of methoxy groups -OCH3 is 2. The Morgan fingerprint density at radius 3 is 1.61 bits per heavy atom. The Labute approximate surface area is 136 Å². The highest BCUT2D eigenvalue weighted by molar-refractivity contribution is 5.73. The van der Waals surface area contributed by atoms with E-state index >= 15 is 0 Å². The van der Waals surface area contributed by atoms with Gasteiger partial charge in [-0.3, -0.25) is 0 Å². The van der Waals surface area contributed by atoms with Gasteiger partial charge in [-0.1, -0.05) is 24.3 Å². The van der Waals surface area contributed by atoms with Crippen molar-refractivity contribution in [3.63, 3.8) is 0 Å². The Balaban J connectivity index is 1.87. The Bertz CT molecular complexity index is 779. The van der Waals surface area contributed by atoms with E-state index in [1.807, 2.05) is 12.1 Å².